The van der Waals surface area contributed by atoms with E-state index in [4.69, 9.17) is 4.42 Å². The van der Waals surface area contributed by atoms with Crippen LogP contribution in [0.15, 0.2) is 22.6 Å². The van der Waals surface area contributed by atoms with Gasteiger partial charge in [-0.25, -0.2) is 0 Å². The lowest BCUT2D eigenvalue weighted by atomic mass is 10.2. The zero-order valence-electron chi connectivity index (χ0n) is 8.03. The Kier molecular flexibility index (Phi) is 1.72. The molecular formula is C10H12N2O. The van der Waals surface area contributed by atoms with Gasteiger partial charge in [0.25, 0.3) is 6.01 Å². The SMILES string of the molecule is Cc1cccc2oc(N(C)C)nc12. The monoisotopic (exact) mass is 176 g/mol. The number of fused-ring (bicyclic) bond motifs is 1. The first-order valence-electron chi connectivity index (χ1n) is 4.22. The van der Waals surface area contributed by atoms with E-state index in [1.54, 1.807) is 0 Å². The fourth-order valence-corrected chi connectivity index (χ4v) is 1.27. The number of aromatic nitrogens is 1. The van der Waals surface area contributed by atoms with Crippen molar-refractivity contribution in [3.05, 3.63) is 23.8 Å². The lowest BCUT2D eigenvalue weighted by Crippen LogP contribution is -2.08. The van der Waals surface area contributed by atoms with Gasteiger partial charge in [-0.1, -0.05) is 12.1 Å². The third-order valence-electron chi connectivity index (χ3n) is 1.99. The number of nitrogens with zero attached hydrogens (tertiary/aromatic N) is 2. The number of oxazole rings is 1. The molecule has 0 aliphatic carbocycles. The van der Waals surface area contributed by atoms with Gasteiger partial charge in [-0.05, 0) is 18.6 Å². The van der Waals surface area contributed by atoms with Crippen molar-refractivity contribution < 1.29 is 4.42 Å². The van der Waals surface area contributed by atoms with Gasteiger partial charge >= 0.3 is 0 Å². The molecule has 0 aliphatic rings. The van der Waals surface area contributed by atoms with Gasteiger partial charge in [-0.15, -0.1) is 0 Å². The molecule has 0 fully saturated rings. The number of anilines is 1. The molecule has 0 saturated heterocycles. The summed E-state index contributed by atoms with van der Waals surface area (Å²) in [6.07, 6.45) is 0. The van der Waals surface area contributed by atoms with Crippen molar-refractivity contribution in [2.24, 2.45) is 0 Å². The van der Waals surface area contributed by atoms with Crippen molar-refractivity contribution in [1.29, 1.82) is 0 Å². The molecule has 0 radical (unpaired) electrons. The van der Waals surface area contributed by atoms with Crippen LogP contribution >= 0.6 is 0 Å². The van der Waals surface area contributed by atoms with Crippen LogP contribution in [0.3, 0.4) is 0 Å². The average molecular weight is 176 g/mol. The Hall–Kier alpha value is -1.51. The Bertz CT molecular complexity index is 431. The first-order chi connectivity index (χ1) is 6.18. The van der Waals surface area contributed by atoms with E-state index in [9.17, 15) is 0 Å². The van der Waals surface area contributed by atoms with Crippen LogP contribution in [0, 0.1) is 6.92 Å². The van der Waals surface area contributed by atoms with Gasteiger partial charge in [-0.2, -0.15) is 4.98 Å². The minimum atomic E-state index is 0.657. The number of aryl methyl sites for hydroxylation is 1. The molecule has 1 aromatic carbocycles. The van der Waals surface area contributed by atoms with Crippen LogP contribution in [0.2, 0.25) is 0 Å². The second-order valence-corrected chi connectivity index (χ2v) is 3.31. The van der Waals surface area contributed by atoms with Crippen LogP contribution < -0.4 is 4.90 Å². The van der Waals surface area contributed by atoms with Gasteiger partial charge < -0.3 is 9.32 Å². The molecule has 0 atom stereocenters. The summed E-state index contributed by atoms with van der Waals surface area (Å²) in [5, 5.41) is 0. The Morgan fingerprint density at radius 3 is 2.69 bits per heavy atom. The standard InChI is InChI=1S/C10H12N2O/c1-7-5-4-6-8-9(7)11-10(13-8)12(2)3/h4-6H,1-3H3. The van der Waals surface area contributed by atoms with Crippen LogP contribution in [-0.4, -0.2) is 19.1 Å². The second kappa shape index (κ2) is 2.76. The molecule has 0 N–H and O–H groups in total. The fraction of sp³-hybridized carbons (Fsp3) is 0.300. The summed E-state index contributed by atoms with van der Waals surface area (Å²) in [5.41, 5.74) is 2.95. The predicted octanol–water partition coefficient (Wildman–Crippen LogP) is 2.20. The Labute approximate surface area is 77.0 Å². The minimum absolute atomic E-state index is 0.657. The zero-order valence-corrected chi connectivity index (χ0v) is 8.03. The summed E-state index contributed by atoms with van der Waals surface area (Å²) in [5.74, 6) is 0. The molecule has 3 nitrogen and oxygen atoms in total. The lowest BCUT2D eigenvalue weighted by Gasteiger charge is -2.03. The van der Waals surface area contributed by atoms with Crippen LogP contribution in [0.4, 0.5) is 6.01 Å². The highest BCUT2D eigenvalue weighted by atomic mass is 16.4. The van der Waals surface area contributed by atoms with E-state index in [1.165, 1.54) is 0 Å². The smallest absolute Gasteiger partial charge is 0.297 e. The predicted molar refractivity (Wildman–Crippen MR) is 53.1 cm³/mol. The number of hydrogen-bond acceptors (Lipinski definition) is 3. The lowest BCUT2D eigenvalue weighted by molar-refractivity contribution is 0.597. The van der Waals surface area contributed by atoms with E-state index in [-0.39, 0.29) is 0 Å². The fourth-order valence-electron chi connectivity index (χ4n) is 1.27. The van der Waals surface area contributed by atoms with E-state index in [0.717, 1.165) is 16.7 Å². The first kappa shape index (κ1) is 8.10. The van der Waals surface area contributed by atoms with Crippen molar-refractivity contribution in [2.45, 2.75) is 6.92 Å². The third kappa shape index (κ3) is 1.26. The second-order valence-electron chi connectivity index (χ2n) is 3.31. The van der Waals surface area contributed by atoms with Crippen LogP contribution in [0.1, 0.15) is 5.56 Å². The minimum Gasteiger partial charge on any atom is -0.423 e. The molecule has 2 rings (SSSR count). The molecule has 0 amide bonds. The number of benzene rings is 1. The quantitative estimate of drug-likeness (QED) is 0.667. The van der Waals surface area contributed by atoms with Crippen molar-refractivity contribution in [3.8, 4) is 0 Å². The average Bonchev–Trinajstić information content (AvgIpc) is 2.49. The van der Waals surface area contributed by atoms with E-state index >= 15 is 0 Å². The summed E-state index contributed by atoms with van der Waals surface area (Å²) in [6.45, 7) is 2.03. The maximum atomic E-state index is 5.53. The summed E-state index contributed by atoms with van der Waals surface area (Å²) >= 11 is 0. The maximum Gasteiger partial charge on any atom is 0.297 e. The number of rotatable bonds is 1. The Balaban J connectivity index is 2.68. The molecule has 2 aromatic rings. The number of hydrogen-bond donors (Lipinski definition) is 0. The Morgan fingerprint density at radius 2 is 2.08 bits per heavy atom. The summed E-state index contributed by atoms with van der Waals surface area (Å²) < 4.78 is 5.53. The van der Waals surface area contributed by atoms with Gasteiger partial charge in [0.2, 0.25) is 0 Å². The summed E-state index contributed by atoms with van der Waals surface area (Å²) in [4.78, 5) is 6.23. The molecular weight excluding hydrogens is 164 g/mol. The van der Waals surface area contributed by atoms with Crippen molar-refractivity contribution in [1.82, 2.24) is 4.98 Å². The number of para-hydroxylation sites is 1. The highest BCUT2D eigenvalue weighted by molar-refractivity contribution is 5.77. The molecule has 1 heterocycles. The van der Waals surface area contributed by atoms with E-state index in [1.807, 2.05) is 44.1 Å². The van der Waals surface area contributed by atoms with Crippen molar-refractivity contribution in [3.63, 3.8) is 0 Å². The van der Waals surface area contributed by atoms with E-state index in [2.05, 4.69) is 4.98 Å². The van der Waals surface area contributed by atoms with Crippen LogP contribution in [-0.2, 0) is 0 Å². The summed E-state index contributed by atoms with van der Waals surface area (Å²) in [6, 6.07) is 6.60. The normalized spacial score (nSPS) is 10.7. The van der Waals surface area contributed by atoms with Gasteiger partial charge in [0.1, 0.15) is 5.52 Å². The molecule has 0 aliphatic heterocycles. The van der Waals surface area contributed by atoms with Crippen molar-refractivity contribution >= 4 is 17.1 Å². The van der Waals surface area contributed by atoms with Gasteiger partial charge in [0.15, 0.2) is 5.58 Å². The van der Waals surface area contributed by atoms with E-state index in [0.29, 0.717) is 6.01 Å². The van der Waals surface area contributed by atoms with Gasteiger partial charge in [-0.3, -0.25) is 0 Å². The van der Waals surface area contributed by atoms with Gasteiger partial charge in [0.05, 0.1) is 0 Å². The molecule has 68 valence electrons. The molecule has 0 saturated carbocycles. The largest absolute Gasteiger partial charge is 0.423 e. The third-order valence-corrected chi connectivity index (χ3v) is 1.99. The Morgan fingerprint density at radius 1 is 1.31 bits per heavy atom. The topological polar surface area (TPSA) is 29.3 Å². The molecule has 0 unspecified atom stereocenters. The highest BCUT2D eigenvalue weighted by Crippen LogP contribution is 2.22. The van der Waals surface area contributed by atoms with Crippen molar-refractivity contribution in [2.75, 3.05) is 19.0 Å². The van der Waals surface area contributed by atoms with Crippen LogP contribution in [0.25, 0.3) is 11.1 Å². The summed E-state index contributed by atoms with van der Waals surface area (Å²) in [7, 11) is 3.83. The first-order valence-corrected chi connectivity index (χ1v) is 4.22. The molecule has 0 bridgehead atoms. The maximum absolute atomic E-state index is 5.53. The molecule has 1 aromatic heterocycles. The van der Waals surface area contributed by atoms with E-state index < -0.39 is 0 Å². The molecule has 13 heavy (non-hydrogen) atoms. The molecule has 0 spiro atoms. The van der Waals surface area contributed by atoms with Gasteiger partial charge in [0, 0.05) is 14.1 Å². The van der Waals surface area contributed by atoms with Crippen LogP contribution in [0.5, 0.6) is 0 Å². The highest BCUT2D eigenvalue weighted by Gasteiger charge is 2.07. The zero-order chi connectivity index (χ0) is 9.42. The molecule has 3 heteroatoms.